The lowest BCUT2D eigenvalue weighted by molar-refractivity contribution is -0.141. The van der Waals surface area contributed by atoms with Crippen LogP contribution in [-0.4, -0.2) is 42.5 Å². The van der Waals surface area contributed by atoms with E-state index in [9.17, 15) is 9.59 Å². The van der Waals surface area contributed by atoms with Crippen LogP contribution in [-0.2, 0) is 22.6 Å². The second kappa shape index (κ2) is 15.1. The molecule has 0 bridgehead atoms. The van der Waals surface area contributed by atoms with Gasteiger partial charge in [0.15, 0.2) is 11.5 Å². The molecule has 2 aromatic rings. The first-order valence-electron chi connectivity index (χ1n) is 12.9. The summed E-state index contributed by atoms with van der Waals surface area (Å²) in [6.07, 6.45) is 3.36. The van der Waals surface area contributed by atoms with Crippen molar-refractivity contribution < 1.29 is 19.1 Å². The van der Waals surface area contributed by atoms with Gasteiger partial charge >= 0.3 is 0 Å². The Morgan fingerprint density at radius 1 is 0.943 bits per heavy atom. The van der Waals surface area contributed by atoms with E-state index in [1.54, 1.807) is 4.90 Å². The standard InChI is InChI=1S/C29H42N2O4/c1-6-10-18-30-29(33)25(7-2)31(21-24-13-11-12-22(5)19-24)28(32)17-15-23-14-16-26(34-8-3)27(20-23)35-9-4/h11-14,16,19-20,25H,6-10,15,17-18,21H2,1-5H3,(H,30,33). The van der Waals surface area contributed by atoms with Crippen molar-refractivity contribution in [3.05, 3.63) is 59.2 Å². The number of benzene rings is 2. The van der Waals surface area contributed by atoms with E-state index in [0.29, 0.717) is 57.1 Å². The van der Waals surface area contributed by atoms with Crippen molar-refractivity contribution in [2.24, 2.45) is 0 Å². The van der Waals surface area contributed by atoms with Crippen LogP contribution in [0.1, 0.15) is 70.1 Å². The summed E-state index contributed by atoms with van der Waals surface area (Å²) in [5.74, 6) is 1.29. The van der Waals surface area contributed by atoms with Crippen LogP contribution in [0.3, 0.4) is 0 Å². The summed E-state index contributed by atoms with van der Waals surface area (Å²) < 4.78 is 11.4. The maximum absolute atomic E-state index is 13.5. The molecule has 2 aromatic carbocycles. The maximum atomic E-state index is 13.5. The number of aryl methyl sites for hydroxylation is 2. The first-order chi connectivity index (χ1) is 16.9. The molecular weight excluding hydrogens is 440 g/mol. The molecule has 0 saturated heterocycles. The van der Waals surface area contributed by atoms with Crippen LogP contribution < -0.4 is 14.8 Å². The molecule has 0 aromatic heterocycles. The first-order valence-corrected chi connectivity index (χ1v) is 12.9. The largest absolute Gasteiger partial charge is 0.490 e. The first kappa shape index (κ1) is 28.2. The number of carbonyl (C=O) groups excluding carboxylic acids is 2. The Morgan fingerprint density at radius 3 is 2.34 bits per heavy atom. The van der Waals surface area contributed by atoms with E-state index in [0.717, 1.165) is 29.5 Å². The zero-order valence-electron chi connectivity index (χ0n) is 22.1. The van der Waals surface area contributed by atoms with Crippen LogP contribution in [0.5, 0.6) is 11.5 Å². The Balaban J connectivity index is 2.20. The number of hydrogen-bond donors (Lipinski definition) is 1. The van der Waals surface area contributed by atoms with Crippen molar-refractivity contribution >= 4 is 11.8 Å². The van der Waals surface area contributed by atoms with Crippen molar-refractivity contribution in [3.63, 3.8) is 0 Å². The van der Waals surface area contributed by atoms with E-state index in [2.05, 4.69) is 18.3 Å². The van der Waals surface area contributed by atoms with E-state index in [-0.39, 0.29) is 11.8 Å². The highest BCUT2D eigenvalue weighted by Crippen LogP contribution is 2.29. The average Bonchev–Trinajstić information content (AvgIpc) is 2.84. The molecule has 192 valence electrons. The van der Waals surface area contributed by atoms with Crippen LogP contribution >= 0.6 is 0 Å². The van der Waals surface area contributed by atoms with Crippen molar-refractivity contribution in [2.45, 2.75) is 79.3 Å². The number of nitrogens with one attached hydrogen (secondary N) is 1. The second-order valence-corrected chi connectivity index (χ2v) is 8.73. The topological polar surface area (TPSA) is 67.9 Å². The van der Waals surface area contributed by atoms with Gasteiger partial charge in [-0.3, -0.25) is 9.59 Å². The van der Waals surface area contributed by atoms with Gasteiger partial charge in [0.2, 0.25) is 11.8 Å². The molecule has 0 spiro atoms. The van der Waals surface area contributed by atoms with Gasteiger partial charge in [-0.2, -0.15) is 0 Å². The number of nitrogens with zero attached hydrogens (tertiary/aromatic N) is 1. The highest BCUT2D eigenvalue weighted by atomic mass is 16.5. The number of carbonyl (C=O) groups is 2. The van der Waals surface area contributed by atoms with Gasteiger partial charge in [0.05, 0.1) is 13.2 Å². The van der Waals surface area contributed by atoms with Crippen LogP contribution in [0.15, 0.2) is 42.5 Å². The Morgan fingerprint density at radius 2 is 1.69 bits per heavy atom. The summed E-state index contributed by atoms with van der Waals surface area (Å²) in [5.41, 5.74) is 3.16. The molecule has 0 aliphatic heterocycles. The predicted octanol–water partition coefficient (Wildman–Crippen LogP) is 5.45. The van der Waals surface area contributed by atoms with Crippen molar-refractivity contribution in [3.8, 4) is 11.5 Å². The highest BCUT2D eigenvalue weighted by Gasteiger charge is 2.28. The third kappa shape index (κ3) is 8.93. The van der Waals surface area contributed by atoms with Crippen LogP contribution in [0.25, 0.3) is 0 Å². The number of ether oxygens (including phenoxy) is 2. The minimum Gasteiger partial charge on any atom is -0.490 e. The molecule has 0 saturated carbocycles. The fraction of sp³-hybridized carbons (Fsp3) is 0.517. The molecule has 6 nitrogen and oxygen atoms in total. The van der Waals surface area contributed by atoms with Gasteiger partial charge in [-0.15, -0.1) is 0 Å². The summed E-state index contributed by atoms with van der Waals surface area (Å²) in [7, 11) is 0. The second-order valence-electron chi connectivity index (χ2n) is 8.73. The summed E-state index contributed by atoms with van der Waals surface area (Å²) >= 11 is 0. The van der Waals surface area contributed by atoms with Gasteiger partial charge in [-0.05, 0) is 63.3 Å². The summed E-state index contributed by atoms with van der Waals surface area (Å²) in [6.45, 7) is 12.1. The lowest BCUT2D eigenvalue weighted by Crippen LogP contribution is -2.49. The summed E-state index contributed by atoms with van der Waals surface area (Å²) in [5, 5.41) is 3.02. The molecule has 1 atom stereocenters. The smallest absolute Gasteiger partial charge is 0.242 e. The predicted molar refractivity (Wildman–Crippen MR) is 141 cm³/mol. The third-order valence-corrected chi connectivity index (χ3v) is 5.89. The van der Waals surface area contributed by atoms with Gasteiger partial charge in [0, 0.05) is 19.5 Å². The average molecular weight is 483 g/mol. The summed E-state index contributed by atoms with van der Waals surface area (Å²) in [4.78, 5) is 28.3. The van der Waals surface area contributed by atoms with Crippen LogP contribution in [0, 0.1) is 6.92 Å². The van der Waals surface area contributed by atoms with Gasteiger partial charge in [-0.1, -0.05) is 56.2 Å². The van der Waals surface area contributed by atoms with Crippen molar-refractivity contribution in [1.82, 2.24) is 10.2 Å². The van der Waals surface area contributed by atoms with Crippen molar-refractivity contribution in [1.29, 1.82) is 0 Å². The van der Waals surface area contributed by atoms with E-state index in [1.807, 2.05) is 64.1 Å². The molecular formula is C29H42N2O4. The third-order valence-electron chi connectivity index (χ3n) is 5.89. The molecule has 0 aliphatic carbocycles. The number of amides is 2. The monoisotopic (exact) mass is 482 g/mol. The fourth-order valence-electron chi connectivity index (χ4n) is 4.08. The molecule has 1 N–H and O–H groups in total. The SMILES string of the molecule is CCCCNC(=O)C(CC)N(Cc1cccc(C)c1)C(=O)CCc1ccc(OCC)c(OCC)c1. The Labute approximate surface area is 211 Å². The quantitative estimate of drug-likeness (QED) is 0.343. The number of rotatable bonds is 15. The molecule has 1 unspecified atom stereocenters. The van der Waals surface area contributed by atoms with E-state index < -0.39 is 6.04 Å². The van der Waals surface area contributed by atoms with E-state index in [1.165, 1.54) is 0 Å². The molecule has 2 rings (SSSR count). The normalized spacial score (nSPS) is 11.6. The Kier molecular flexibility index (Phi) is 12.2. The van der Waals surface area contributed by atoms with E-state index >= 15 is 0 Å². The fourth-order valence-corrected chi connectivity index (χ4v) is 4.08. The number of hydrogen-bond acceptors (Lipinski definition) is 4. The molecule has 0 heterocycles. The molecule has 0 aliphatic rings. The van der Waals surface area contributed by atoms with Crippen molar-refractivity contribution in [2.75, 3.05) is 19.8 Å². The molecule has 2 amide bonds. The summed E-state index contributed by atoms with van der Waals surface area (Å²) in [6, 6.07) is 13.4. The number of unbranched alkanes of at least 4 members (excludes halogenated alkanes) is 1. The van der Waals surface area contributed by atoms with Crippen LogP contribution in [0.4, 0.5) is 0 Å². The van der Waals surface area contributed by atoms with Gasteiger partial charge in [0.25, 0.3) is 0 Å². The minimum atomic E-state index is -0.501. The molecule has 0 fully saturated rings. The van der Waals surface area contributed by atoms with Gasteiger partial charge in [-0.25, -0.2) is 0 Å². The maximum Gasteiger partial charge on any atom is 0.242 e. The highest BCUT2D eigenvalue weighted by molar-refractivity contribution is 5.87. The lowest BCUT2D eigenvalue weighted by atomic mass is 10.0. The van der Waals surface area contributed by atoms with E-state index in [4.69, 9.17) is 9.47 Å². The van der Waals surface area contributed by atoms with Gasteiger partial charge in [0.1, 0.15) is 6.04 Å². The van der Waals surface area contributed by atoms with Crippen LogP contribution in [0.2, 0.25) is 0 Å². The Hall–Kier alpha value is -3.02. The molecule has 6 heteroatoms. The zero-order chi connectivity index (χ0) is 25.6. The molecule has 35 heavy (non-hydrogen) atoms. The zero-order valence-corrected chi connectivity index (χ0v) is 22.1. The Bertz CT molecular complexity index is 944. The lowest BCUT2D eigenvalue weighted by Gasteiger charge is -2.31. The van der Waals surface area contributed by atoms with Gasteiger partial charge < -0.3 is 19.7 Å². The molecule has 0 radical (unpaired) electrons. The minimum absolute atomic E-state index is 0.0316.